The molecule has 1 heterocycles. The van der Waals surface area contributed by atoms with Gasteiger partial charge in [-0.05, 0) is 18.2 Å². The number of carbonyl (C=O) groups is 1. The molecule has 0 saturated carbocycles. The van der Waals surface area contributed by atoms with Crippen molar-refractivity contribution in [2.24, 2.45) is 0 Å². The summed E-state index contributed by atoms with van der Waals surface area (Å²) in [6.07, 6.45) is 1.73. The van der Waals surface area contributed by atoms with Crippen molar-refractivity contribution in [1.82, 2.24) is 4.98 Å². The van der Waals surface area contributed by atoms with Crippen LogP contribution < -0.4 is 4.74 Å². The zero-order valence-electron chi connectivity index (χ0n) is 9.80. The van der Waals surface area contributed by atoms with E-state index < -0.39 is 4.83 Å². The second kappa shape index (κ2) is 5.82. The summed E-state index contributed by atoms with van der Waals surface area (Å²) in [5.74, 6) is 0.323. The second-order valence-corrected chi connectivity index (χ2v) is 4.76. The number of hydrogen-bond acceptors (Lipinski definition) is 4. The van der Waals surface area contributed by atoms with Crippen molar-refractivity contribution >= 4 is 32.8 Å². The molecular weight excluding hydrogens is 298 g/mol. The normalized spacial score (nSPS) is 12.1. The Morgan fingerprint density at radius 3 is 3.06 bits per heavy atom. The molecule has 0 bridgehead atoms. The summed E-state index contributed by atoms with van der Waals surface area (Å²) in [6.45, 7) is 0.213. The Morgan fingerprint density at radius 2 is 2.28 bits per heavy atom. The lowest BCUT2D eigenvalue weighted by atomic mass is 10.2. The van der Waals surface area contributed by atoms with Gasteiger partial charge in [0.25, 0.3) is 0 Å². The van der Waals surface area contributed by atoms with Gasteiger partial charge >= 0.3 is 5.97 Å². The standard InChI is InChI=1S/C13H12BrNO3/c1-17-13(16)11(14)8-18-10-5-4-9-3-2-6-15-12(9)7-10/h2-7,11H,8H2,1H3. The fraction of sp³-hybridized carbons (Fsp3) is 0.231. The van der Waals surface area contributed by atoms with Crippen molar-refractivity contribution in [3.05, 3.63) is 36.5 Å². The van der Waals surface area contributed by atoms with E-state index in [1.807, 2.05) is 30.3 Å². The molecule has 0 fully saturated rings. The molecule has 18 heavy (non-hydrogen) atoms. The number of esters is 1. The van der Waals surface area contributed by atoms with Crippen LogP contribution in [0.15, 0.2) is 36.5 Å². The van der Waals surface area contributed by atoms with Gasteiger partial charge in [0.05, 0.1) is 12.6 Å². The lowest BCUT2D eigenvalue weighted by Gasteiger charge is -2.10. The highest BCUT2D eigenvalue weighted by Gasteiger charge is 2.15. The third-order valence-corrected chi connectivity index (χ3v) is 3.07. The van der Waals surface area contributed by atoms with E-state index in [0.717, 1.165) is 10.9 Å². The minimum absolute atomic E-state index is 0.213. The van der Waals surface area contributed by atoms with Crippen LogP contribution in [0.2, 0.25) is 0 Å². The molecular formula is C13H12BrNO3. The molecule has 0 aliphatic heterocycles. The van der Waals surface area contributed by atoms with Crippen LogP contribution >= 0.6 is 15.9 Å². The average Bonchev–Trinajstić information content (AvgIpc) is 2.43. The maximum atomic E-state index is 11.2. The average molecular weight is 310 g/mol. The van der Waals surface area contributed by atoms with Crippen molar-refractivity contribution in [2.45, 2.75) is 4.83 Å². The highest BCUT2D eigenvalue weighted by Crippen LogP contribution is 2.19. The Kier molecular flexibility index (Phi) is 4.15. The molecule has 0 N–H and O–H groups in total. The molecule has 5 heteroatoms. The topological polar surface area (TPSA) is 48.4 Å². The number of aromatic nitrogens is 1. The summed E-state index contributed by atoms with van der Waals surface area (Å²) in [7, 11) is 1.34. The second-order valence-electron chi connectivity index (χ2n) is 3.66. The highest BCUT2D eigenvalue weighted by atomic mass is 79.9. The molecule has 0 radical (unpaired) electrons. The van der Waals surface area contributed by atoms with Crippen LogP contribution in [-0.4, -0.2) is 29.5 Å². The summed E-state index contributed by atoms with van der Waals surface area (Å²) in [5, 5.41) is 1.05. The minimum atomic E-state index is -0.470. The summed E-state index contributed by atoms with van der Waals surface area (Å²) < 4.78 is 10.1. The SMILES string of the molecule is COC(=O)C(Br)COc1ccc2cccnc2c1. The minimum Gasteiger partial charge on any atom is -0.492 e. The Hall–Kier alpha value is -1.62. The summed E-state index contributed by atoms with van der Waals surface area (Å²) in [5.41, 5.74) is 0.860. The van der Waals surface area contributed by atoms with E-state index in [1.54, 1.807) is 6.20 Å². The quantitative estimate of drug-likeness (QED) is 0.643. The molecule has 2 rings (SSSR count). The van der Waals surface area contributed by atoms with Gasteiger partial charge in [0.1, 0.15) is 17.2 Å². The summed E-state index contributed by atoms with van der Waals surface area (Å²) in [4.78, 5) is 15.0. The number of carbonyl (C=O) groups excluding carboxylic acids is 1. The third kappa shape index (κ3) is 2.98. The first-order chi connectivity index (χ1) is 8.70. The molecule has 4 nitrogen and oxygen atoms in total. The first-order valence-corrected chi connectivity index (χ1v) is 6.32. The van der Waals surface area contributed by atoms with Crippen LogP contribution in [0, 0.1) is 0 Å². The van der Waals surface area contributed by atoms with Crippen LogP contribution in [0.3, 0.4) is 0 Å². The number of benzene rings is 1. The first kappa shape index (κ1) is 12.8. The predicted molar refractivity (Wildman–Crippen MR) is 72.0 cm³/mol. The van der Waals surface area contributed by atoms with Gasteiger partial charge in [-0.2, -0.15) is 0 Å². The van der Waals surface area contributed by atoms with E-state index in [2.05, 4.69) is 25.7 Å². The van der Waals surface area contributed by atoms with E-state index in [0.29, 0.717) is 5.75 Å². The number of fused-ring (bicyclic) bond motifs is 1. The Morgan fingerprint density at radius 1 is 1.44 bits per heavy atom. The molecule has 0 saturated heterocycles. The van der Waals surface area contributed by atoms with Crippen molar-refractivity contribution in [2.75, 3.05) is 13.7 Å². The summed E-state index contributed by atoms with van der Waals surface area (Å²) >= 11 is 3.20. The maximum Gasteiger partial charge on any atom is 0.322 e. The number of rotatable bonds is 4. The smallest absolute Gasteiger partial charge is 0.322 e. The van der Waals surface area contributed by atoms with Crippen LogP contribution in [-0.2, 0) is 9.53 Å². The largest absolute Gasteiger partial charge is 0.492 e. The number of halogens is 1. The van der Waals surface area contributed by atoms with Crippen molar-refractivity contribution in [3.8, 4) is 5.75 Å². The molecule has 1 unspecified atom stereocenters. The fourth-order valence-electron chi connectivity index (χ4n) is 1.50. The van der Waals surface area contributed by atoms with Gasteiger partial charge < -0.3 is 9.47 Å². The number of nitrogens with zero attached hydrogens (tertiary/aromatic N) is 1. The van der Waals surface area contributed by atoms with E-state index in [4.69, 9.17) is 4.74 Å². The van der Waals surface area contributed by atoms with Gasteiger partial charge in [-0.25, -0.2) is 0 Å². The van der Waals surface area contributed by atoms with E-state index in [-0.39, 0.29) is 12.6 Å². The van der Waals surface area contributed by atoms with Gasteiger partial charge in [-0.1, -0.05) is 22.0 Å². The molecule has 1 atom stereocenters. The lowest BCUT2D eigenvalue weighted by Crippen LogP contribution is -2.22. The number of ether oxygens (including phenoxy) is 2. The van der Waals surface area contributed by atoms with E-state index >= 15 is 0 Å². The Labute approximate surface area is 113 Å². The van der Waals surface area contributed by atoms with Crippen molar-refractivity contribution in [3.63, 3.8) is 0 Å². The summed E-state index contributed by atoms with van der Waals surface area (Å²) in [6, 6.07) is 9.48. The van der Waals surface area contributed by atoms with Crippen LogP contribution in [0.1, 0.15) is 0 Å². The molecule has 0 aliphatic rings. The monoisotopic (exact) mass is 309 g/mol. The molecule has 0 spiro atoms. The van der Waals surface area contributed by atoms with Crippen molar-refractivity contribution < 1.29 is 14.3 Å². The molecule has 1 aromatic heterocycles. The maximum absolute atomic E-state index is 11.2. The van der Waals surface area contributed by atoms with Gasteiger partial charge in [-0.15, -0.1) is 0 Å². The van der Waals surface area contributed by atoms with Gasteiger partial charge in [-0.3, -0.25) is 9.78 Å². The number of pyridine rings is 1. The van der Waals surface area contributed by atoms with Crippen LogP contribution in [0.25, 0.3) is 10.9 Å². The molecule has 94 valence electrons. The molecule has 2 aromatic rings. The Bertz CT molecular complexity index is 559. The Balaban J connectivity index is 2.06. The van der Waals surface area contributed by atoms with Crippen LogP contribution in [0.5, 0.6) is 5.75 Å². The fourth-order valence-corrected chi connectivity index (χ4v) is 1.82. The van der Waals surface area contributed by atoms with Gasteiger partial charge in [0, 0.05) is 17.6 Å². The van der Waals surface area contributed by atoms with E-state index in [9.17, 15) is 4.79 Å². The molecule has 1 aromatic carbocycles. The van der Waals surface area contributed by atoms with Crippen molar-refractivity contribution in [1.29, 1.82) is 0 Å². The predicted octanol–water partition coefficient (Wildman–Crippen LogP) is 2.55. The lowest BCUT2D eigenvalue weighted by molar-refractivity contribution is -0.140. The zero-order valence-corrected chi connectivity index (χ0v) is 11.4. The first-order valence-electron chi connectivity index (χ1n) is 5.40. The molecule has 0 amide bonds. The molecule has 0 aliphatic carbocycles. The third-order valence-electron chi connectivity index (χ3n) is 2.43. The van der Waals surface area contributed by atoms with Gasteiger partial charge in [0.2, 0.25) is 0 Å². The zero-order chi connectivity index (χ0) is 13.0. The number of methoxy groups -OCH3 is 1. The van der Waals surface area contributed by atoms with E-state index in [1.165, 1.54) is 7.11 Å². The highest BCUT2D eigenvalue weighted by molar-refractivity contribution is 9.10. The number of hydrogen-bond donors (Lipinski definition) is 0. The van der Waals surface area contributed by atoms with Gasteiger partial charge in [0.15, 0.2) is 0 Å². The number of alkyl halides is 1. The van der Waals surface area contributed by atoms with Crippen LogP contribution in [0.4, 0.5) is 0 Å².